The molecule has 1 aromatic heterocycles. The average Bonchev–Trinajstić information content (AvgIpc) is 2.29. The van der Waals surface area contributed by atoms with E-state index in [2.05, 4.69) is 4.98 Å². The van der Waals surface area contributed by atoms with Crippen molar-refractivity contribution in [2.45, 2.75) is 39.3 Å². The molecule has 102 valence electrons. The average molecular weight is 261 g/mol. The summed E-state index contributed by atoms with van der Waals surface area (Å²) < 4.78 is 37.2. The van der Waals surface area contributed by atoms with Gasteiger partial charge in [0.1, 0.15) is 5.69 Å². The quantitative estimate of drug-likeness (QED) is 0.898. The second kappa shape index (κ2) is 5.26. The molecule has 18 heavy (non-hydrogen) atoms. The number of hydrogen-bond acceptors (Lipinski definition) is 2. The molecular formula is C13H18F3NO. The zero-order valence-corrected chi connectivity index (χ0v) is 10.8. The highest BCUT2D eigenvalue weighted by atomic mass is 19.4. The van der Waals surface area contributed by atoms with Crippen LogP contribution >= 0.6 is 0 Å². The van der Waals surface area contributed by atoms with Crippen LogP contribution in [0.4, 0.5) is 13.2 Å². The van der Waals surface area contributed by atoms with Crippen molar-refractivity contribution in [1.82, 2.24) is 4.98 Å². The van der Waals surface area contributed by atoms with E-state index in [1.54, 1.807) is 0 Å². The van der Waals surface area contributed by atoms with Gasteiger partial charge >= 0.3 is 6.18 Å². The van der Waals surface area contributed by atoms with Gasteiger partial charge in [-0.25, -0.2) is 0 Å². The fourth-order valence-electron chi connectivity index (χ4n) is 1.83. The van der Waals surface area contributed by atoms with Gasteiger partial charge in [-0.15, -0.1) is 0 Å². The molecule has 0 bridgehead atoms. The number of hydrogen-bond donors (Lipinski definition) is 1. The van der Waals surface area contributed by atoms with Gasteiger partial charge in [-0.1, -0.05) is 33.3 Å². The molecule has 0 amide bonds. The third kappa shape index (κ3) is 3.22. The largest absolute Gasteiger partial charge is 0.433 e. The van der Waals surface area contributed by atoms with Crippen molar-refractivity contribution in [3.8, 4) is 0 Å². The lowest BCUT2D eigenvalue weighted by molar-refractivity contribution is -0.141. The van der Waals surface area contributed by atoms with Crippen molar-refractivity contribution < 1.29 is 18.3 Å². The molecule has 0 unspecified atom stereocenters. The summed E-state index contributed by atoms with van der Waals surface area (Å²) in [6.45, 7) is 5.84. The van der Waals surface area contributed by atoms with Crippen LogP contribution in [0.25, 0.3) is 0 Å². The molecule has 1 heterocycles. The van der Waals surface area contributed by atoms with E-state index in [0.717, 1.165) is 12.5 Å². The van der Waals surface area contributed by atoms with Gasteiger partial charge in [0.2, 0.25) is 0 Å². The molecule has 0 fully saturated rings. The van der Waals surface area contributed by atoms with E-state index in [1.807, 2.05) is 20.8 Å². The van der Waals surface area contributed by atoms with Crippen LogP contribution in [0, 0.1) is 5.41 Å². The van der Waals surface area contributed by atoms with Crippen LogP contribution in [-0.4, -0.2) is 16.7 Å². The minimum absolute atomic E-state index is 0.103. The molecule has 0 radical (unpaired) electrons. The van der Waals surface area contributed by atoms with Crippen LogP contribution in [0.15, 0.2) is 18.3 Å². The van der Waals surface area contributed by atoms with E-state index in [9.17, 15) is 18.3 Å². The molecular weight excluding hydrogens is 243 g/mol. The van der Waals surface area contributed by atoms with Gasteiger partial charge in [0, 0.05) is 12.1 Å². The van der Waals surface area contributed by atoms with Crippen LogP contribution < -0.4 is 0 Å². The lowest BCUT2D eigenvalue weighted by Crippen LogP contribution is -2.24. The third-order valence-electron chi connectivity index (χ3n) is 3.52. The normalized spacial score (nSPS) is 14.6. The zero-order valence-electron chi connectivity index (χ0n) is 10.8. The standard InChI is InChI=1S/C13H18F3NO/c1-4-12(2,3)10(8-18)9-5-6-11(17-7-9)13(14,15)16/h5-7,10,18H,4,8H2,1-3H3/t10-/m0/s1. The number of rotatable bonds is 4. The molecule has 0 aromatic carbocycles. The number of aliphatic hydroxyl groups excluding tert-OH is 1. The maximum atomic E-state index is 12.4. The molecule has 5 heteroatoms. The summed E-state index contributed by atoms with van der Waals surface area (Å²) in [5, 5.41) is 9.43. The Balaban J connectivity index is 3.03. The van der Waals surface area contributed by atoms with Gasteiger partial charge in [-0.05, 0) is 17.0 Å². The van der Waals surface area contributed by atoms with Crippen molar-refractivity contribution in [3.63, 3.8) is 0 Å². The lowest BCUT2D eigenvalue weighted by Gasteiger charge is -2.32. The van der Waals surface area contributed by atoms with Gasteiger partial charge in [0.05, 0.1) is 6.61 Å². The SMILES string of the molecule is CCC(C)(C)[C@@H](CO)c1ccc(C(F)(F)F)nc1. The first-order valence-electron chi connectivity index (χ1n) is 5.86. The maximum Gasteiger partial charge on any atom is 0.433 e. The van der Waals surface area contributed by atoms with E-state index in [1.165, 1.54) is 12.3 Å². The molecule has 2 nitrogen and oxygen atoms in total. The predicted octanol–water partition coefficient (Wildman–Crippen LogP) is 3.61. The molecule has 1 atom stereocenters. The number of halogens is 3. The van der Waals surface area contributed by atoms with Crippen molar-refractivity contribution in [1.29, 1.82) is 0 Å². The summed E-state index contributed by atoms with van der Waals surface area (Å²) in [6.07, 6.45) is -2.39. The van der Waals surface area contributed by atoms with E-state index < -0.39 is 11.9 Å². The van der Waals surface area contributed by atoms with E-state index in [-0.39, 0.29) is 17.9 Å². The highest BCUT2D eigenvalue weighted by molar-refractivity contribution is 5.21. The van der Waals surface area contributed by atoms with Crippen LogP contribution in [-0.2, 0) is 6.18 Å². The van der Waals surface area contributed by atoms with Crippen LogP contribution in [0.3, 0.4) is 0 Å². The molecule has 0 aliphatic heterocycles. The first-order valence-corrected chi connectivity index (χ1v) is 5.86. The Kier molecular flexibility index (Phi) is 4.37. The van der Waals surface area contributed by atoms with Gasteiger partial charge < -0.3 is 5.11 Å². The Hall–Kier alpha value is -1.10. The van der Waals surface area contributed by atoms with E-state index in [0.29, 0.717) is 5.56 Å². The molecule has 0 spiro atoms. The molecule has 0 saturated heterocycles. The van der Waals surface area contributed by atoms with Crippen molar-refractivity contribution >= 4 is 0 Å². The molecule has 0 saturated carbocycles. The Morgan fingerprint density at radius 2 is 1.89 bits per heavy atom. The summed E-state index contributed by atoms with van der Waals surface area (Å²) in [5.74, 6) is -0.211. The highest BCUT2D eigenvalue weighted by Gasteiger charge is 2.33. The second-order valence-corrected chi connectivity index (χ2v) is 5.05. The molecule has 0 aliphatic carbocycles. The Morgan fingerprint density at radius 1 is 1.28 bits per heavy atom. The maximum absolute atomic E-state index is 12.4. The number of aromatic nitrogens is 1. The molecule has 1 rings (SSSR count). The van der Waals surface area contributed by atoms with Crippen LogP contribution in [0.5, 0.6) is 0 Å². The monoisotopic (exact) mass is 261 g/mol. The smallest absolute Gasteiger partial charge is 0.396 e. The number of aliphatic hydroxyl groups is 1. The number of nitrogens with zero attached hydrogens (tertiary/aromatic N) is 1. The van der Waals surface area contributed by atoms with Gasteiger partial charge in [0.15, 0.2) is 0 Å². The summed E-state index contributed by atoms with van der Waals surface area (Å²) in [7, 11) is 0. The molecule has 1 aromatic rings. The fourth-order valence-corrected chi connectivity index (χ4v) is 1.83. The summed E-state index contributed by atoms with van der Waals surface area (Å²) in [4.78, 5) is 3.43. The fraction of sp³-hybridized carbons (Fsp3) is 0.615. The summed E-state index contributed by atoms with van der Waals surface area (Å²) in [5.41, 5.74) is -0.453. The van der Waals surface area contributed by atoms with Crippen molar-refractivity contribution in [2.75, 3.05) is 6.61 Å². The summed E-state index contributed by atoms with van der Waals surface area (Å²) >= 11 is 0. The van der Waals surface area contributed by atoms with Crippen LogP contribution in [0.1, 0.15) is 44.4 Å². The van der Waals surface area contributed by atoms with E-state index >= 15 is 0 Å². The minimum atomic E-state index is -4.42. The first-order chi connectivity index (χ1) is 8.22. The van der Waals surface area contributed by atoms with Gasteiger partial charge in [0.25, 0.3) is 0 Å². The molecule has 0 aliphatic rings. The molecule has 1 N–H and O–H groups in total. The Bertz CT molecular complexity index is 384. The highest BCUT2D eigenvalue weighted by Crippen LogP contribution is 2.38. The van der Waals surface area contributed by atoms with Crippen molar-refractivity contribution in [3.05, 3.63) is 29.6 Å². The Morgan fingerprint density at radius 3 is 2.22 bits per heavy atom. The van der Waals surface area contributed by atoms with Gasteiger partial charge in [-0.3, -0.25) is 4.98 Å². The number of pyridine rings is 1. The summed E-state index contributed by atoms with van der Waals surface area (Å²) in [6, 6.07) is 2.36. The third-order valence-corrected chi connectivity index (χ3v) is 3.52. The van der Waals surface area contributed by atoms with Crippen LogP contribution in [0.2, 0.25) is 0 Å². The Labute approximate surface area is 105 Å². The first kappa shape index (κ1) is 15.0. The number of alkyl halides is 3. The lowest BCUT2D eigenvalue weighted by atomic mass is 9.74. The predicted molar refractivity (Wildman–Crippen MR) is 63.1 cm³/mol. The van der Waals surface area contributed by atoms with Crippen molar-refractivity contribution in [2.24, 2.45) is 5.41 Å². The second-order valence-electron chi connectivity index (χ2n) is 5.05. The zero-order chi connectivity index (χ0) is 14.0. The minimum Gasteiger partial charge on any atom is -0.396 e. The topological polar surface area (TPSA) is 33.1 Å². The van der Waals surface area contributed by atoms with Gasteiger partial charge in [-0.2, -0.15) is 13.2 Å². The van der Waals surface area contributed by atoms with E-state index in [4.69, 9.17) is 0 Å².